The molecular weight excluding hydrogens is 655 g/mol. The highest BCUT2D eigenvalue weighted by molar-refractivity contribution is 8.17. The second kappa shape index (κ2) is 15.7. The lowest BCUT2D eigenvalue weighted by molar-refractivity contribution is 0.108. The molecule has 0 saturated carbocycles. The van der Waals surface area contributed by atoms with Crippen LogP contribution >= 0.6 is 38.6 Å². The fourth-order valence-electron chi connectivity index (χ4n) is 5.47. The lowest BCUT2D eigenvalue weighted by Crippen LogP contribution is -2.28. The van der Waals surface area contributed by atoms with Crippen molar-refractivity contribution in [3.8, 4) is 0 Å². The third-order valence-electron chi connectivity index (χ3n) is 7.65. The van der Waals surface area contributed by atoms with Gasteiger partial charge in [-0.3, -0.25) is 9.59 Å². The van der Waals surface area contributed by atoms with E-state index in [-0.39, 0.29) is 10.2 Å². The van der Waals surface area contributed by atoms with Crippen LogP contribution in [0, 0.1) is 0 Å². The fraction of sp³-hybridized carbons (Fsp3) is 0.0500. The summed E-state index contributed by atoms with van der Waals surface area (Å²) in [6.07, 6.45) is 0. The molecular formula is C40H32O3P2S2. The second-order valence-corrected chi connectivity index (χ2v) is 17.6. The third-order valence-corrected chi connectivity index (χ3v) is 15.3. The van der Waals surface area contributed by atoms with E-state index >= 15 is 4.57 Å². The van der Waals surface area contributed by atoms with Crippen molar-refractivity contribution in [3.05, 3.63) is 181 Å². The predicted octanol–water partition coefficient (Wildman–Crippen LogP) is 7.53. The molecule has 0 aromatic heterocycles. The van der Waals surface area contributed by atoms with Gasteiger partial charge < -0.3 is 4.57 Å². The van der Waals surface area contributed by atoms with Crippen molar-refractivity contribution in [1.82, 2.24) is 0 Å². The van der Waals surface area contributed by atoms with Crippen LogP contribution < -0.4 is 31.8 Å². The van der Waals surface area contributed by atoms with Gasteiger partial charge in [0.1, 0.15) is 0 Å². The van der Waals surface area contributed by atoms with Gasteiger partial charge in [-0.05, 0) is 36.0 Å². The molecule has 0 aliphatic carbocycles. The number of carbonyl (C=O) groups is 2. The highest BCUT2D eigenvalue weighted by Gasteiger charge is 2.33. The lowest BCUT2D eigenvalue weighted by Gasteiger charge is -2.22. The Kier molecular flexibility index (Phi) is 11.0. The second-order valence-electron chi connectivity index (χ2n) is 10.6. The van der Waals surface area contributed by atoms with Crippen LogP contribution in [-0.4, -0.2) is 21.7 Å². The zero-order chi connectivity index (χ0) is 32.5. The van der Waals surface area contributed by atoms with Gasteiger partial charge in [-0.1, -0.05) is 181 Å². The molecule has 232 valence electrons. The summed E-state index contributed by atoms with van der Waals surface area (Å²) >= 11 is 2.40. The van der Waals surface area contributed by atoms with Crippen LogP contribution in [0.1, 0.15) is 20.7 Å². The molecule has 0 spiro atoms. The van der Waals surface area contributed by atoms with Gasteiger partial charge in [0.05, 0.1) is 0 Å². The molecule has 0 aliphatic heterocycles. The average Bonchev–Trinajstić information content (AvgIpc) is 3.15. The summed E-state index contributed by atoms with van der Waals surface area (Å²) in [5, 5.41) is 5.12. The van der Waals surface area contributed by atoms with Gasteiger partial charge in [0.2, 0.25) is 10.2 Å². The molecule has 0 N–H and O–H groups in total. The van der Waals surface area contributed by atoms with Gasteiger partial charge in [0.25, 0.3) is 0 Å². The van der Waals surface area contributed by atoms with Crippen LogP contribution in [0.15, 0.2) is 170 Å². The van der Waals surface area contributed by atoms with Gasteiger partial charge in [0, 0.05) is 38.5 Å². The van der Waals surface area contributed by atoms with Crippen molar-refractivity contribution in [1.29, 1.82) is 0 Å². The first-order chi connectivity index (χ1) is 23.1. The smallest absolute Gasteiger partial charge is 0.220 e. The Balaban J connectivity index is 1.19. The van der Waals surface area contributed by atoms with Crippen LogP contribution in [0.4, 0.5) is 0 Å². The molecule has 6 aromatic rings. The number of hydrogen-bond donors (Lipinski definition) is 0. The van der Waals surface area contributed by atoms with Crippen molar-refractivity contribution in [3.63, 3.8) is 0 Å². The molecule has 0 saturated heterocycles. The summed E-state index contributed by atoms with van der Waals surface area (Å²) < 4.78 is 15.0. The van der Waals surface area contributed by atoms with E-state index < -0.39 is 15.1 Å². The maximum absolute atomic E-state index is 15.0. The molecule has 0 amide bonds. The first-order valence-corrected chi connectivity index (χ1v) is 20.2. The Morgan fingerprint density at radius 1 is 0.468 bits per heavy atom. The van der Waals surface area contributed by atoms with Gasteiger partial charge >= 0.3 is 0 Å². The molecule has 0 fully saturated rings. The first-order valence-electron chi connectivity index (χ1n) is 15.2. The number of rotatable bonds is 11. The van der Waals surface area contributed by atoms with Crippen LogP contribution in [0.3, 0.4) is 0 Å². The number of carbonyl (C=O) groups excluding carboxylic acids is 2. The highest BCUT2D eigenvalue weighted by atomic mass is 32.2. The zero-order valence-electron chi connectivity index (χ0n) is 25.5. The molecule has 7 heteroatoms. The van der Waals surface area contributed by atoms with E-state index in [1.165, 1.54) is 22.4 Å². The molecule has 0 atom stereocenters. The predicted molar refractivity (Wildman–Crippen MR) is 205 cm³/mol. The van der Waals surface area contributed by atoms with Crippen molar-refractivity contribution >= 4 is 80.6 Å². The molecule has 0 heterocycles. The van der Waals surface area contributed by atoms with E-state index in [4.69, 9.17) is 0 Å². The minimum Gasteiger partial charge on any atom is -0.309 e. The van der Waals surface area contributed by atoms with Crippen molar-refractivity contribution in [2.75, 3.05) is 11.5 Å². The van der Waals surface area contributed by atoms with Gasteiger partial charge in [-0.15, -0.1) is 0 Å². The van der Waals surface area contributed by atoms with E-state index in [2.05, 4.69) is 30.3 Å². The maximum Gasteiger partial charge on any atom is 0.220 e. The maximum atomic E-state index is 15.0. The summed E-state index contributed by atoms with van der Waals surface area (Å²) in [5.41, 5.74) is 1.14. The Morgan fingerprint density at radius 3 is 1.36 bits per heavy atom. The number of hydrogen-bond acceptors (Lipinski definition) is 5. The molecule has 47 heavy (non-hydrogen) atoms. The third kappa shape index (κ3) is 7.45. The molecule has 0 aliphatic rings. The summed E-state index contributed by atoms with van der Waals surface area (Å²) in [7, 11) is -4.25. The summed E-state index contributed by atoms with van der Waals surface area (Å²) in [6, 6.07) is 54.5. The molecule has 6 aromatic carbocycles. The molecule has 3 nitrogen and oxygen atoms in total. The summed E-state index contributed by atoms with van der Waals surface area (Å²) in [6.45, 7) is 0. The van der Waals surface area contributed by atoms with Crippen LogP contribution in [0.2, 0.25) is 0 Å². The minimum absolute atomic E-state index is 0.00827. The fourth-order valence-corrected chi connectivity index (χ4v) is 12.6. The van der Waals surface area contributed by atoms with Crippen molar-refractivity contribution in [2.45, 2.75) is 0 Å². The lowest BCUT2D eigenvalue weighted by atomic mass is 10.2. The van der Waals surface area contributed by atoms with Crippen molar-refractivity contribution in [2.24, 2.45) is 0 Å². The quantitative estimate of drug-likeness (QED) is 0.104. The monoisotopic (exact) mass is 686 g/mol. The van der Waals surface area contributed by atoms with Crippen molar-refractivity contribution < 1.29 is 14.2 Å². The van der Waals surface area contributed by atoms with Gasteiger partial charge in [0.15, 0.2) is 7.14 Å². The minimum atomic E-state index is -3.32. The average molecular weight is 687 g/mol. The molecule has 6 rings (SSSR count). The topological polar surface area (TPSA) is 51.2 Å². The Bertz CT molecular complexity index is 1920. The van der Waals surface area contributed by atoms with E-state index in [0.29, 0.717) is 38.5 Å². The Morgan fingerprint density at radius 2 is 0.851 bits per heavy atom. The first kappa shape index (κ1) is 32.9. The van der Waals surface area contributed by atoms with Gasteiger partial charge in [-0.25, -0.2) is 0 Å². The molecule has 0 radical (unpaired) electrons. The van der Waals surface area contributed by atoms with Crippen LogP contribution in [-0.2, 0) is 4.57 Å². The van der Waals surface area contributed by atoms with Crippen LogP contribution in [0.5, 0.6) is 0 Å². The Labute approximate surface area is 286 Å². The largest absolute Gasteiger partial charge is 0.309 e. The Hall–Kier alpha value is -3.98. The summed E-state index contributed by atoms with van der Waals surface area (Å²) in [4.78, 5) is 27.4. The summed E-state index contributed by atoms with van der Waals surface area (Å²) in [5.74, 6) is 0.911. The highest BCUT2D eigenvalue weighted by Crippen LogP contribution is 2.44. The number of thioether (sulfide) groups is 2. The van der Waals surface area contributed by atoms with Crippen LogP contribution in [0.25, 0.3) is 0 Å². The van der Waals surface area contributed by atoms with E-state index in [1.54, 1.807) is 6.07 Å². The van der Waals surface area contributed by atoms with E-state index in [0.717, 1.165) is 17.1 Å². The molecule has 0 unspecified atom stereocenters. The molecule has 0 bridgehead atoms. The zero-order valence-corrected chi connectivity index (χ0v) is 28.9. The standard InChI is InChI=1S/C40H32O3P2S2/c41-39(35-25-13-15-27-37(35)44(31-17-5-1-6-18-31)32-19-7-2-8-20-32)46-29-30-47-40(42)36-26-14-16-28-38(36)45(43,33-21-9-3-10-22-33)34-23-11-4-12-24-34/h1-28H,29-30H2. The van der Waals surface area contributed by atoms with Gasteiger partial charge in [-0.2, -0.15) is 0 Å². The normalized spacial score (nSPS) is 11.3. The number of benzene rings is 6. The SMILES string of the molecule is O=C(SCCSC(=O)c1ccccc1P(=O)(c1ccccc1)c1ccccc1)c1ccccc1P(c1ccccc1)c1ccccc1. The van der Waals surface area contributed by atoms with E-state index in [1.807, 2.05) is 133 Å². The van der Waals surface area contributed by atoms with E-state index in [9.17, 15) is 9.59 Å².